The molecular weight excluding hydrogens is 489 g/mol. The van der Waals surface area contributed by atoms with Crippen LogP contribution in [0.2, 0.25) is 0 Å². The van der Waals surface area contributed by atoms with Gasteiger partial charge in [0.25, 0.3) is 0 Å². The minimum atomic E-state index is 0. The van der Waals surface area contributed by atoms with Crippen LogP contribution in [0.1, 0.15) is 57.1 Å². The van der Waals surface area contributed by atoms with E-state index >= 15 is 0 Å². The van der Waals surface area contributed by atoms with Gasteiger partial charge in [0.2, 0.25) is 5.91 Å². The van der Waals surface area contributed by atoms with Crippen molar-refractivity contribution in [1.29, 1.82) is 0 Å². The van der Waals surface area contributed by atoms with E-state index in [1.54, 1.807) is 7.05 Å². The van der Waals surface area contributed by atoms with E-state index in [-0.39, 0.29) is 29.9 Å². The summed E-state index contributed by atoms with van der Waals surface area (Å²) in [7, 11) is 1.69. The fraction of sp³-hybridized carbons (Fsp3) is 0.652. The van der Waals surface area contributed by atoms with Crippen LogP contribution in [0.25, 0.3) is 0 Å². The molecule has 1 amide bonds. The van der Waals surface area contributed by atoms with Crippen LogP contribution in [0.3, 0.4) is 0 Å². The number of aryl methyl sites for hydroxylation is 1. The Labute approximate surface area is 199 Å². The molecule has 7 heteroatoms. The molecule has 1 aromatic carbocycles. The number of amides is 1. The first-order valence-electron chi connectivity index (χ1n) is 11.1. The standard InChI is InChI=1S/C23H39N5O.HI/c1-5-25-23(27-21-12-15-28(16-13-21)17-22(29)24-4)26-14-6-7-19-8-10-20(11-9-19)18(2)3;/h8-11,18,21H,5-7,12-17H2,1-4H3,(H,24,29)(H2,25,26,27);1H. The monoisotopic (exact) mass is 529 g/mol. The number of guanidine groups is 1. The Hall–Kier alpha value is -1.35. The molecule has 0 saturated carbocycles. The molecule has 1 saturated heterocycles. The van der Waals surface area contributed by atoms with Crippen molar-refractivity contribution < 1.29 is 4.79 Å². The fourth-order valence-electron chi connectivity index (χ4n) is 3.57. The molecule has 0 bridgehead atoms. The lowest BCUT2D eigenvalue weighted by Crippen LogP contribution is -2.50. The van der Waals surface area contributed by atoms with Gasteiger partial charge in [-0.15, -0.1) is 24.0 Å². The number of carbonyl (C=O) groups is 1. The van der Waals surface area contributed by atoms with Crippen LogP contribution < -0.4 is 16.0 Å². The van der Waals surface area contributed by atoms with E-state index in [1.807, 2.05) is 0 Å². The average Bonchev–Trinajstić information content (AvgIpc) is 2.73. The molecular formula is C23H40IN5O. The SMILES string of the molecule is CCNC(=NCCCc1ccc(C(C)C)cc1)NC1CCN(CC(=O)NC)CC1.I. The molecule has 30 heavy (non-hydrogen) atoms. The van der Waals surface area contributed by atoms with E-state index in [9.17, 15) is 4.79 Å². The number of rotatable bonds is 9. The van der Waals surface area contributed by atoms with E-state index in [4.69, 9.17) is 4.99 Å². The lowest BCUT2D eigenvalue weighted by atomic mass is 10.0. The Bertz CT molecular complexity index is 639. The summed E-state index contributed by atoms with van der Waals surface area (Å²) in [5.41, 5.74) is 2.78. The average molecular weight is 530 g/mol. The van der Waals surface area contributed by atoms with Crippen LogP contribution in [0.4, 0.5) is 0 Å². The van der Waals surface area contributed by atoms with Gasteiger partial charge in [-0.2, -0.15) is 0 Å². The summed E-state index contributed by atoms with van der Waals surface area (Å²) in [6, 6.07) is 9.39. The number of hydrogen-bond donors (Lipinski definition) is 3. The van der Waals surface area contributed by atoms with Gasteiger partial charge in [0.05, 0.1) is 6.54 Å². The third-order valence-electron chi connectivity index (χ3n) is 5.46. The second-order valence-corrected chi connectivity index (χ2v) is 8.13. The molecule has 1 heterocycles. The third kappa shape index (κ3) is 9.64. The summed E-state index contributed by atoms with van der Waals surface area (Å²) < 4.78 is 0. The van der Waals surface area contributed by atoms with Crippen molar-refractivity contribution in [3.05, 3.63) is 35.4 Å². The molecule has 0 atom stereocenters. The molecule has 0 spiro atoms. The zero-order chi connectivity index (χ0) is 21.1. The fourth-order valence-corrected chi connectivity index (χ4v) is 3.57. The van der Waals surface area contributed by atoms with Crippen molar-refractivity contribution in [3.63, 3.8) is 0 Å². The van der Waals surface area contributed by atoms with Gasteiger partial charge in [-0.25, -0.2) is 0 Å². The van der Waals surface area contributed by atoms with Crippen LogP contribution in [-0.2, 0) is 11.2 Å². The van der Waals surface area contributed by atoms with E-state index < -0.39 is 0 Å². The van der Waals surface area contributed by atoms with E-state index in [2.05, 4.69) is 65.9 Å². The maximum absolute atomic E-state index is 11.5. The van der Waals surface area contributed by atoms with Crippen molar-refractivity contribution in [2.45, 2.75) is 58.4 Å². The van der Waals surface area contributed by atoms with Crippen LogP contribution in [0.5, 0.6) is 0 Å². The van der Waals surface area contributed by atoms with Crippen LogP contribution in [0, 0.1) is 0 Å². The summed E-state index contributed by atoms with van der Waals surface area (Å²) in [4.78, 5) is 18.5. The summed E-state index contributed by atoms with van der Waals surface area (Å²) >= 11 is 0. The lowest BCUT2D eigenvalue weighted by Gasteiger charge is -2.32. The molecule has 1 aliphatic heterocycles. The first-order chi connectivity index (χ1) is 14.0. The Kier molecular flexibility index (Phi) is 13.0. The van der Waals surface area contributed by atoms with Crippen molar-refractivity contribution in [1.82, 2.24) is 20.9 Å². The van der Waals surface area contributed by atoms with Gasteiger partial charge in [0.1, 0.15) is 0 Å². The predicted molar refractivity (Wildman–Crippen MR) is 137 cm³/mol. The van der Waals surface area contributed by atoms with Gasteiger partial charge in [0.15, 0.2) is 5.96 Å². The molecule has 1 aliphatic rings. The smallest absolute Gasteiger partial charge is 0.233 e. The first-order valence-corrected chi connectivity index (χ1v) is 11.1. The van der Waals surface area contributed by atoms with E-state index in [0.717, 1.165) is 57.8 Å². The van der Waals surface area contributed by atoms with Gasteiger partial charge in [-0.1, -0.05) is 38.1 Å². The number of hydrogen-bond acceptors (Lipinski definition) is 3. The minimum absolute atomic E-state index is 0. The summed E-state index contributed by atoms with van der Waals surface area (Å²) in [6.07, 6.45) is 4.16. The molecule has 0 unspecified atom stereocenters. The molecule has 170 valence electrons. The molecule has 1 aromatic rings. The minimum Gasteiger partial charge on any atom is -0.358 e. The largest absolute Gasteiger partial charge is 0.358 e. The van der Waals surface area contributed by atoms with Gasteiger partial charge in [0, 0.05) is 39.3 Å². The Morgan fingerprint density at radius 3 is 2.43 bits per heavy atom. The van der Waals surface area contributed by atoms with Gasteiger partial charge in [-0.3, -0.25) is 14.7 Å². The maximum atomic E-state index is 11.5. The number of piperidine rings is 1. The maximum Gasteiger partial charge on any atom is 0.233 e. The Balaban J connectivity index is 0.00000450. The molecule has 6 nitrogen and oxygen atoms in total. The number of likely N-dealkylation sites (N-methyl/N-ethyl adjacent to an activating group) is 1. The van der Waals surface area contributed by atoms with Crippen molar-refractivity contribution in [2.75, 3.05) is 39.8 Å². The Morgan fingerprint density at radius 2 is 1.87 bits per heavy atom. The van der Waals surface area contributed by atoms with E-state index in [1.165, 1.54) is 11.1 Å². The number of nitrogens with zero attached hydrogens (tertiary/aromatic N) is 2. The number of likely N-dealkylation sites (tertiary alicyclic amines) is 1. The first kappa shape index (κ1) is 26.7. The predicted octanol–water partition coefficient (Wildman–Crippen LogP) is 3.13. The summed E-state index contributed by atoms with van der Waals surface area (Å²) in [5.74, 6) is 1.58. The highest BCUT2D eigenvalue weighted by molar-refractivity contribution is 14.0. The van der Waals surface area contributed by atoms with Crippen LogP contribution in [-0.4, -0.2) is 62.6 Å². The second-order valence-electron chi connectivity index (χ2n) is 8.13. The normalized spacial score (nSPS) is 15.6. The number of halogens is 1. The second kappa shape index (κ2) is 14.6. The summed E-state index contributed by atoms with van der Waals surface area (Å²) in [6.45, 7) is 10.6. The van der Waals surface area contributed by atoms with E-state index in [0.29, 0.717) is 18.5 Å². The van der Waals surface area contributed by atoms with Crippen LogP contribution >= 0.6 is 24.0 Å². The Morgan fingerprint density at radius 1 is 1.20 bits per heavy atom. The molecule has 0 radical (unpaired) electrons. The van der Waals surface area contributed by atoms with Gasteiger partial charge < -0.3 is 16.0 Å². The number of benzene rings is 1. The zero-order valence-electron chi connectivity index (χ0n) is 19.0. The van der Waals surface area contributed by atoms with Gasteiger partial charge in [-0.05, 0) is 49.7 Å². The summed E-state index contributed by atoms with van der Waals surface area (Å²) in [5, 5.41) is 9.63. The van der Waals surface area contributed by atoms with Crippen molar-refractivity contribution in [3.8, 4) is 0 Å². The number of nitrogens with one attached hydrogen (secondary N) is 3. The third-order valence-corrected chi connectivity index (χ3v) is 5.46. The van der Waals surface area contributed by atoms with Crippen molar-refractivity contribution >= 4 is 35.8 Å². The van der Waals surface area contributed by atoms with Crippen molar-refractivity contribution in [2.24, 2.45) is 4.99 Å². The van der Waals surface area contributed by atoms with Gasteiger partial charge >= 0.3 is 0 Å². The molecule has 0 aliphatic carbocycles. The zero-order valence-corrected chi connectivity index (χ0v) is 21.4. The highest BCUT2D eigenvalue weighted by atomic mass is 127. The highest BCUT2D eigenvalue weighted by Crippen LogP contribution is 2.15. The molecule has 3 N–H and O–H groups in total. The highest BCUT2D eigenvalue weighted by Gasteiger charge is 2.21. The molecule has 0 aromatic heterocycles. The lowest BCUT2D eigenvalue weighted by molar-refractivity contribution is -0.122. The number of carbonyl (C=O) groups excluding carboxylic acids is 1. The van der Waals surface area contributed by atoms with Crippen LogP contribution in [0.15, 0.2) is 29.3 Å². The molecule has 2 rings (SSSR count). The molecule has 1 fully saturated rings. The topological polar surface area (TPSA) is 68.8 Å². The quantitative estimate of drug-likeness (QED) is 0.199. The number of aliphatic imine (C=N–C) groups is 1.